The van der Waals surface area contributed by atoms with Gasteiger partial charge in [0.15, 0.2) is 0 Å². The minimum atomic E-state index is -0.234. The molecule has 0 bridgehead atoms. The Kier molecular flexibility index (Phi) is 4.23. The van der Waals surface area contributed by atoms with Crippen molar-refractivity contribution in [3.05, 3.63) is 24.0 Å². The van der Waals surface area contributed by atoms with Crippen molar-refractivity contribution in [2.45, 2.75) is 33.2 Å². The molecule has 0 amide bonds. The minimum Gasteiger partial charge on any atom is -0.462 e. The Labute approximate surface area is 84.7 Å². The van der Waals surface area contributed by atoms with E-state index in [-0.39, 0.29) is 5.97 Å². The van der Waals surface area contributed by atoms with Crippen LogP contribution in [-0.4, -0.2) is 17.1 Å². The molecule has 0 aromatic carbocycles. The van der Waals surface area contributed by atoms with Crippen molar-refractivity contribution in [3.8, 4) is 0 Å². The zero-order chi connectivity index (χ0) is 10.4. The summed E-state index contributed by atoms with van der Waals surface area (Å²) in [6, 6.07) is 1.80. The molecule has 14 heavy (non-hydrogen) atoms. The number of carbonyl (C=O) groups excluding carboxylic acids is 1. The molecule has 3 heteroatoms. The van der Waals surface area contributed by atoms with Crippen molar-refractivity contribution in [2.75, 3.05) is 6.61 Å². The Bertz CT molecular complexity index is 291. The van der Waals surface area contributed by atoms with Crippen LogP contribution in [0.25, 0.3) is 0 Å². The summed E-state index contributed by atoms with van der Waals surface area (Å²) in [7, 11) is 0. The van der Waals surface area contributed by atoms with E-state index in [1.807, 2.05) is 23.9 Å². The number of carbonyl (C=O) groups is 1. The molecule has 0 aliphatic rings. The van der Waals surface area contributed by atoms with Gasteiger partial charge in [0.05, 0.1) is 12.2 Å². The number of unbranched alkanes of at least 4 members (excludes halogenated alkanes) is 1. The predicted octanol–water partition coefficient (Wildman–Crippen LogP) is 2.46. The molecule has 1 rings (SSSR count). The van der Waals surface area contributed by atoms with Gasteiger partial charge in [-0.1, -0.05) is 13.3 Å². The van der Waals surface area contributed by atoms with Crippen LogP contribution in [0.5, 0.6) is 0 Å². The molecule has 0 atom stereocenters. The van der Waals surface area contributed by atoms with Gasteiger partial charge in [0.1, 0.15) is 0 Å². The zero-order valence-corrected chi connectivity index (χ0v) is 8.82. The van der Waals surface area contributed by atoms with Crippen LogP contribution < -0.4 is 0 Å². The lowest BCUT2D eigenvalue weighted by atomic mass is 10.3. The van der Waals surface area contributed by atoms with E-state index >= 15 is 0 Å². The smallest absolute Gasteiger partial charge is 0.339 e. The summed E-state index contributed by atoms with van der Waals surface area (Å²) in [6.45, 7) is 5.36. The van der Waals surface area contributed by atoms with E-state index in [2.05, 4.69) is 6.92 Å². The second kappa shape index (κ2) is 5.47. The Morgan fingerprint density at radius 3 is 2.93 bits per heavy atom. The summed E-state index contributed by atoms with van der Waals surface area (Å²) in [5.74, 6) is -0.234. The summed E-state index contributed by atoms with van der Waals surface area (Å²) < 4.78 is 6.92. The first kappa shape index (κ1) is 10.8. The first-order valence-electron chi connectivity index (χ1n) is 5.10. The number of esters is 1. The van der Waals surface area contributed by atoms with E-state index in [1.165, 1.54) is 0 Å². The number of hydrogen-bond donors (Lipinski definition) is 0. The summed E-state index contributed by atoms with van der Waals surface area (Å²) >= 11 is 0. The number of ether oxygens (including phenoxy) is 1. The summed E-state index contributed by atoms with van der Waals surface area (Å²) in [6.07, 6.45) is 6.05. The van der Waals surface area contributed by atoms with Gasteiger partial charge < -0.3 is 9.30 Å². The molecule has 0 saturated carbocycles. The fourth-order valence-corrected chi connectivity index (χ4v) is 1.26. The van der Waals surface area contributed by atoms with Gasteiger partial charge in [0, 0.05) is 18.9 Å². The van der Waals surface area contributed by atoms with Gasteiger partial charge in [-0.05, 0) is 19.4 Å². The molecule has 0 N–H and O–H groups in total. The molecule has 0 unspecified atom stereocenters. The maximum atomic E-state index is 11.3. The number of hydrogen-bond acceptors (Lipinski definition) is 2. The second-order valence-electron chi connectivity index (χ2n) is 3.21. The molecule has 0 aliphatic carbocycles. The number of aryl methyl sites for hydroxylation is 1. The van der Waals surface area contributed by atoms with Crippen molar-refractivity contribution in [1.29, 1.82) is 0 Å². The molecule has 0 fully saturated rings. The molecular weight excluding hydrogens is 178 g/mol. The van der Waals surface area contributed by atoms with E-state index < -0.39 is 0 Å². The van der Waals surface area contributed by atoms with Crippen LogP contribution in [-0.2, 0) is 11.3 Å². The van der Waals surface area contributed by atoms with E-state index in [4.69, 9.17) is 4.74 Å². The maximum absolute atomic E-state index is 11.3. The van der Waals surface area contributed by atoms with E-state index in [9.17, 15) is 4.79 Å². The average molecular weight is 195 g/mol. The van der Waals surface area contributed by atoms with Crippen LogP contribution in [0.2, 0.25) is 0 Å². The molecule has 0 radical (unpaired) electrons. The van der Waals surface area contributed by atoms with E-state index in [0.717, 1.165) is 19.4 Å². The van der Waals surface area contributed by atoms with Crippen LogP contribution in [0, 0.1) is 0 Å². The fraction of sp³-hybridized carbons (Fsp3) is 0.545. The number of aromatic nitrogens is 1. The van der Waals surface area contributed by atoms with Gasteiger partial charge in [-0.25, -0.2) is 4.79 Å². The largest absolute Gasteiger partial charge is 0.462 e. The first-order valence-corrected chi connectivity index (χ1v) is 5.10. The monoisotopic (exact) mass is 195 g/mol. The van der Waals surface area contributed by atoms with Gasteiger partial charge >= 0.3 is 5.97 Å². The topological polar surface area (TPSA) is 31.2 Å². The van der Waals surface area contributed by atoms with Crippen molar-refractivity contribution in [3.63, 3.8) is 0 Å². The summed E-state index contributed by atoms with van der Waals surface area (Å²) in [5, 5.41) is 0. The summed E-state index contributed by atoms with van der Waals surface area (Å²) in [4.78, 5) is 11.3. The highest BCUT2D eigenvalue weighted by atomic mass is 16.5. The lowest BCUT2D eigenvalue weighted by Gasteiger charge is -2.00. The predicted molar refractivity (Wildman–Crippen MR) is 55.3 cm³/mol. The third kappa shape index (κ3) is 2.91. The molecule has 1 aromatic heterocycles. The molecule has 1 aromatic rings. The molecule has 3 nitrogen and oxygen atoms in total. The third-order valence-corrected chi connectivity index (χ3v) is 2.03. The Morgan fingerprint density at radius 1 is 1.50 bits per heavy atom. The van der Waals surface area contributed by atoms with Gasteiger partial charge in [0.2, 0.25) is 0 Å². The highest BCUT2D eigenvalue weighted by Crippen LogP contribution is 2.05. The van der Waals surface area contributed by atoms with Crippen LogP contribution >= 0.6 is 0 Å². The minimum absolute atomic E-state index is 0.234. The number of rotatable bonds is 5. The van der Waals surface area contributed by atoms with Gasteiger partial charge in [0.25, 0.3) is 0 Å². The van der Waals surface area contributed by atoms with E-state index in [1.54, 1.807) is 6.07 Å². The molecular formula is C11H17NO2. The SMILES string of the molecule is CCCCn1ccc(C(=O)OCC)c1. The van der Waals surface area contributed by atoms with Gasteiger partial charge in [-0.3, -0.25) is 0 Å². The number of nitrogens with zero attached hydrogens (tertiary/aromatic N) is 1. The standard InChI is InChI=1S/C11H17NO2/c1-3-5-7-12-8-6-10(9-12)11(13)14-4-2/h6,8-9H,3-5,7H2,1-2H3. The van der Waals surface area contributed by atoms with Crippen LogP contribution in [0.1, 0.15) is 37.0 Å². The van der Waals surface area contributed by atoms with Crippen LogP contribution in [0.4, 0.5) is 0 Å². The molecule has 1 heterocycles. The third-order valence-electron chi connectivity index (χ3n) is 2.03. The molecule has 0 saturated heterocycles. The average Bonchev–Trinajstić information content (AvgIpc) is 2.63. The van der Waals surface area contributed by atoms with Gasteiger partial charge in [-0.15, -0.1) is 0 Å². The Balaban J connectivity index is 2.54. The maximum Gasteiger partial charge on any atom is 0.339 e. The molecule has 0 spiro atoms. The Morgan fingerprint density at radius 2 is 2.29 bits per heavy atom. The highest BCUT2D eigenvalue weighted by Gasteiger charge is 2.07. The zero-order valence-electron chi connectivity index (χ0n) is 8.82. The van der Waals surface area contributed by atoms with Crippen LogP contribution in [0.15, 0.2) is 18.5 Å². The van der Waals surface area contributed by atoms with Crippen molar-refractivity contribution in [2.24, 2.45) is 0 Å². The highest BCUT2D eigenvalue weighted by molar-refractivity contribution is 5.89. The quantitative estimate of drug-likeness (QED) is 0.676. The molecule has 0 aliphatic heterocycles. The van der Waals surface area contributed by atoms with Crippen molar-refractivity contribution < 1.29 is 9.53 Å². The normalized spacial score (nSPS) is 10.1. The molecule has 78 valence electrons. The first-order chi connectivity index (χ1) is 6.77. The van der Waals surface area contributed by atoms with E-state index in [0.29, 0.717) is 12.2 Å². The lowest BCUT2D eigenvalue weighted by Crippen LogP contribution is -2.03. The van der Waals surface area contributed by atoms with Gasteiger partial charge in [-0.2, -0.15) is 0 Å². The van der Waals surface area contributed by atoms with Crippen molar-refractivity contribution >= 4 is 5.97 Å². The summed E-state index contributed by atoms with van der Waals surface area (Å²) in [5.41, 5.74) is 0.642. The fourth-order valence-electron chi connectivity index (χ4n) is 1.26. The Hall–Kier alpha value is -1.25. The van der Waals surface area contributed by atoms with Crippen molar-refractivity contribution in [1.82, 2.24) is 4.57 Å². The lowest BCUT2D eigenvalue weighted by molar-refractivity contribution is 0.0526. The second-order valence-corrected chi connectivity index (χ2v) is 3.21. The van der Waals surface area contributed by atoms with Crippen LogP contribution in [0.3, 0.4) is 0 Å².